The maximum Gasteiger partial charge on any atom is 0.329 e. The van der Waals surface area contributed by atoms with Crippen LogP contribution in [0.15, 0.2) is 58.1 Å². The van der Waals surface area contributed by atoms with Crippen molar-refractivity contribution < 1.29 is 9.53 Å². The van der Waals surface area contributed by atoms with E-state index in [1.807, 2.05) is 48.5 Å². The fourth-order valence-electron chi connectivity index (χ4n) is 4.44. The number of hydrogen-bond donors (Lipinski definition) is 2. The zero-order valence-corrected chi connectivity index (χ0v) is 17.2. The summed E-state index contributed by atoms with van der Waals surface area (Å²) in [5.41, 5.74) is 2.67. The zero-order chi connectivity index (χ0) is 21.9. The molecule has 3 heterocycles. The summed E-state index contributed by atoms with van der Waals surface area (Å²) in [6, 6.07) is 14.9. The van der Waals surface area contributed by atoms with Crippen LogP contribution in [0, 0.1) is 0 Å². The van der Waals surface area contributed by atoms with Gasteiger partial charge in [-0.05, 0) is 23.8 Å². The van der Waals surface area contributed by atoms with E-state index in [4.69, 9.17) is 4.74 Å². The van der Waals surface area contributed by atoms with Gasteiger partial charge in [0, 0.05) is 30.9 Å². The number of hydrogen-bond acceptors (Lipinski definition) is 4. The van der Waals surface area contributed by atoms with Gasteiger partial charge in [0.1, 0.15) is 11.4 Å². The normalized spacial score (nSPS) is 15.5. The van der Waals surface area contributed by atoms with Crippen molar-refractivity contribution in [3.63, 3.8) is 0 Å². The minimum Gasteiger partial charge on any atom is -0.496 e. The van der Waals surface area contributed by atoms with Gasteiger partial charge in [-0.1, -0.05) is 30.3 Å². The molecular formula is C23H20N4O4. The molecule has 8 heteroatoms. The third-order valence-corrected chi connectivity index (χ3v) is 5.96. The van der Waals surface area contributed by atoms with E-state index in [-0.39, 0.29) is 11.3 Å². The fourth-order valence-corrected chi connectivity index (χ4v) is 4.44. The summed E-state index contributed by atoms with van der Waals surface area (Å²) < 4.78 is 6.89. The number of aryl methyl sites for hydroxylation is 1. The van der Waals surface area contributed by atoms with E-state index < -0.39 is 17.2 Å². The Morgan fingerprint density at radius 1 is 0.935 bits per heavy atom. The Morgan fingerprint density at radius 3 is 2.42 bits per heavy atom. The number of aromatic amines is 2. The molecule has 8 nitrogen and oxygen atoms in total. The van der Waals surface area contributed by atoms with E-state index in [0.29, 0.717) is 28.2 Å². The molecule has 0 bridgehead atoms. The predicted molar refractivity (Wildman–Crippen MR) is 118 cm³/mol. The third-order valence-electron chi connectivity index (χ3n) is 5.96. The molecule has 1 aliphatic heterocycles. The highest BCUT2D eigenvalue weighted by Crippen LogP contribution is 2.46. The highest BCUT2D eigenvalue weighted by Gasteiger charge is 2.40. The number of aromatic nitrogens is 3. The summed E-state index contributed by atoms with van der Waals surface area (Å²) in [6.07, 6.45) is 0. The number of benzene rings is 2. The molecule has 0 fully saturated rings. The monoisotopic (exact) mass is 416 g/mol. The molecular weight excluding hydrogens is 396 g/mol. The Balaban J connectivity index is 1.95. The number of carbonyl (C=O) groups excluding carboxylic acids is 1. The maximum absolute atomic E-state index is 13.4. The van der Waals surface area contributed by atoms with Crippen LogP contribution in [0.25, 0.3) is 22.3 Å². The second-order valence-corrected chi connectivity index (χ2v) is 7.54. The number of ether oxygens (including phenoxy) is 1. The average Bonchev–Trinajstić information content (AvgIpc) is 3.28. The lowest BCUT2D eigenvalue weighted by molar-refractivity contribution is -0.118. The highest BCUT2D eigenvalue weighted by molar-refractivity contribution is 6.10. The Labute approximate surface area is 176 Å². The first-order valence-corrected chi connectivity index (χ1v) is 9.78. The summed E-state index contributed by atoms with van der Waals surface area (Å²) in [6.45, 7) is 0. The molecule has 0 aliphatic carbocycles. The highest BCUT2D eigenvalue weighted by atomic mass is 16.5. The molecule has 4 aromatic rings. The molecule has 0 radical (unpaired) electrons. The van der Waals surface area contributed by atoms with Gasteiger partial charge in [-0.25, -0.2) is 4.79 Å². The van der Waals surface area contributed by atoms with Gasteiger partial charge in [0.25, 0.3) is 5.56 Å². The van der Waals surface area contributed by atoms with Crippen molar-refractivity contribution in [2.45, 2.75) is 5.92 Å². The lowest BCUT2D eigenvalue weighted by Gasteiger charge is -2.14. The van der Waals surface area contributed by atoms with Gasteiger partial charge >= 0.3 is 5.69 Å². The van der Waals surface area contributed by atoms with Crippen molar-refractivity contribution in [2.75, 3.05) is 19.1 Å². The van der Waals surface area contributed by atoms with Gasteiger partial charge in [-0.15, -0.1) is 0 Å². The van der Waals surface area contributed by atoms with Crippen LogP contribution in [0.2, 0.25) is 0 Å². The fraction of sp³-hybridized carbons (Fsp3) is 0.174. The maximum atomic E-state index is 13.4. The van der Waals surface area contributed by atoms with Crippen LogP contribution in [0.3, 0.4) is 0 Å². The third kappa shape index (κ3) is 2.58. The number of rotatable bonds is 3. The summed E-state index contributed by atoms with van der Waals surface area (Å²) in [7, 11) is 4.86. The molecule has 2 N–H and O–H groups in total. The van der Waals surface area contributed by atoms with Crippen molar-refractivity contribution in [3.05, 3.63) is 80.5 Å². The smallest absolute Gasteiger partial charge is 0.329 e. The van der Waals surface area contributed by atoms with E-state index in [9.17, 15) is 14.4 Å². The molecule has 2 aromatic heterocycles. The number of H-pyrrole nitrogens is 2. The van der Waals surface area contributed by atoms with Gasteiger partial charge in [0.05, 0.1) is 24.1 Å². The van der Waals surface area contributed by atoms with Crippen LogP contribution in [0.4, 0.5) is 5.69 Å². The summed E-state index contributed by atoms with van der Waals surface area (Å²) >= 11 is 0. The molecule has 1 atom stereocenters. The molecule has 0 unspecified atom stereocenters. The second kappa shape index (κ2) is 6.73. The molecule has 5 rings (SSSR count). The Bertz CT molecular complexity index is 1480. The lowest BCUT2D eigenvalue weighted by Crippen LogP contribution is -2.29. The number of carbonyl (C=O) groups is 1. The van der Waals surface area contributed by atoms with Crippen molar-refractivity contribution in [3.8, 4) is 17.0 Å². The van der Waals surface area contributed by atoms with Gasteiger partial charge in [0.2, 0.25) is 5.91 Å². The average molecular weight is 416 g/mol. The van der Waals surface area contributed by atoms with Crippen LogP contribution < -0.4 is 20.9 Å². The Hall–Kier alpha value is -4.07. The van der Waals surface area contributed by atoms with Gasteiger partial charge in [0.15, 0.2) is 0 Å². The van der Waals surface area contributed by atoms with Crippen molar-refractivity contribution in [2.24, 2.45) is 7.05 Å². The number of fused-ring (bicyclic) bond motifs is 2. The van der Waals surface area contributed by atoms with E-state index in [1.165, 1.54) is 4.57 Å². The largest absolute Gasteiger partial charge is 0.496 e. The van der Waals surface area contributed by atoms with Crippen LogP contribution in [0.1, 0.15) is 17.0 Å². The zero-order valence-electron chi connectivity index (χ0n) is 17.2. The molecule has 31 heavy (non-hydrogen) atoms. The topological polar surface area (TPSA) is 100 Å². The van der Waals surface area contributed by atoms with Crippen molar-refractivity contribution >= 4 is 22.6 Å². The van der Waals surface area contributed by atoms with Crippen LogP contribution in [-0.2, 0) is 11.8 Å². The number of para-hydroxylation sites is 2. The first kappa shape index (κ1) is 18.9. The van der Waals surface area contributed by atoms with Crippen LogP contribution in [0.5, 0.6) is 5.75 Å². The molecule has 1 aliphatic rings. The molecule has 156 valence electrons. The molecule has 0 saturated heterocycles. The van der Waals surface area contributed by atoms with Gasteiger partial charge < -0.3 is 14.6 Å². The van der Waals surface area contributed by atoms with E-state index in [0.717, 1.165) is 11.3 Å². The number of nitrogens with one attached hydrogen (secondary N) is 2. The van der Waals surface area contributed by atoms with Crippen LogP contribution in [-0.4, -0.2) is 34.6 Å². The quantitative estimate of drug-likeness (QED) is 0.535. The molecule has 0 saturated carbocycles. The Morgan fingerprint density at radius 2 is 1.65 bits per heavy atom. The number of nitrogens with zero attached hydrogens (tertiary/aromatic N) is 2. The Kier molecular flexibility index (Phi) is 4.11. The standard InChI is InChI=1S/C23H20N4O4/c1-26-14-10-6-4-8-12(14)16(22(26)29)17-18-20(27(2)23(30)25-21(18)28)24-19(17)13-9-5-7-11-15(13)31-3/h4-11,16,24H,1-3H3,(H,25,28,30)/t16-/m0/s1. The first-order chi connectivity index (χ1) is 14.9. The SMILES string of the molecule is COc1ccccc1-c1[nH]c2c(c1[C@H]1C(=O)N(C)c3ccccc31)c(=O)[nH]c(=O)n2C. The van der Waals surface area contributed by atoms with Crippen molar-refractivity contribution in [1.29, 1.82) is 0 Å². The number of methoxy groups -OCH3 is 1. The van der Waals surface area contributed by atoms with Gasteiger partial charge in [-0.3, -0.25) is 19.1 Å². The van der Waals surface area contributed by atoms with E-state index in [1.54, 1.807) is 26.1 Å². The van der Waals surface area contributed by atoms with E-state index in [2.05, 4.69) is 9.97 Å². The predicted octanol–water partition coefficient (Wildman–Crippen LogP) is 2.34. The minimum absolute atomic E-state index is 0.147. The number of amides is 1. The molecule has 1 amide bonds. The summed E-state index contributed by atoms with van der Waals surface area (Å²) in [5.74, 6) is -0.260. The van der Waals surface area contributed by atoms with Crippen LogP contribution >= 0.6 is 0 Å². The second-order valence-electron chi connectivity index (χ2n) is 7.54. The number of anilines is 1. The molecule has 2 aromatic carbocycles. The summed E-state index contributed by atoms with van der Waals surface area (Å²) in [5, 5.41) is 0.284. The van der Waals surface area contributed by atoms with E-state index >= 15 is 0 Å². The molecule has 0 spiro atoms. The van der Waals surface area contributed by atoms with Crippen molar-refractivity contribution in [1.82, 2.24) is 14.5 Å². The summed E-state index contributed by atoms with van der Waals surface area (Å²) in [4.78, 5) is 45.8. The number of likely N-dealkylation sites (N-methyl/N-ethyl adjacent to an activating group) is 1. The van der Waals surface area contributed by atoms with Gasteiger partial charge in [-0.2, -0.15) is 0 Å². The minimum atomic E-state index is -0.700. The lowest BCUT2D eigenvalue weighted by atomic mass is 9.89. The first-order valence-electron chi connectivity index (χ1n) is 9.78.